The minimum Gasteiger partial charge on any atom is -0.395 e. The van der Waals surface area contributed by atoms with Crippen LogP contribution in [0.2, 0.25) is 0 Å². The largest absolute Gasteiger partial charge is 0.395 e. The van der Waals surface area contributed by atoms with Gasteiger partial charge in [-0.25, -0.2) is 8.42 Å². The van der Waals surface area contributed by atoms with Gasteiger partial charge in [0.2, 0.25) is 0 Å². The topological polar surface area (TPSA) is 60.9 Å². The van der Waals surface area contributed by atoms with Crippen LogP contribution in [0.15, 0.2) is 0 Å². The number of sulfone groups is 1. The Labute approximate surface area is 111 Å². The van der Waals surface area contributed by atoms with Crippen LogP contribution in [0.3, 0.4) is 0 Å². The molecule has 5 nitrogen and oxygen atoms in total. The van der Waals surface area contributed by atoms with Crippen LogP contribution < -0.4 is 0 Å². The van der Waals surface area contributed by atoms with Crippen LogP contribution in [0.25, 0.3) is 0 Å². The van der Waals surface area contributed by atoms with Gasteiger partial charge in [0.15, 0.2) is 0 Å². The normalized spacial score (nSPS) is 19.6. The van der Waals surface area contributed by atoms with Crippen LogP contribution in [0, 0.1) is 5.92 Å². The van der Waals surface area contributed by atoms with Crippen LogP contribution in [-0.2, 0) is 9.84 Å². The standard InChI is InChI=1S/C12H26N2O3S/c1-13(8-10-18(2,16)17)11-12-3-5-14(6-4-12)7-9-15/h12,15H,3-11H2,1-2H3. The molecule has 6 heteroatoms. The number of nitrogens with zero attached hydrogens (tertiary/aromatic N) is 2. The second-order valence-electron chi connectivity index (χ2n) is 5.40. The van der Waals surface area contributed by atoms with Crippen molar-refractivity contribution < 1.29 is 13.5 Å². The van der Waals surface area contributed by atoms with Crippen molar-refractivity contribution in [3.8, 4) is 0 Å². The lowest BCUT2D eigenvalue weighted by Gasteiger charge is -2.33. The van der Waals surface area contributed by atoms with Gasteiger partial charge < -0.3 is 14.9 Å². The predicted octanol–water partition coefficient (Wildman–Crippen LogP) is -0.333. The summed E-state index contributed by atoms with van der Waals surface area (Å²) in [6.45, 7) is 4.70. The van der Waals surface area contributed by atoms with Crippen LogP contribution in [0.1, 0.15) is 12.8 Å². The van der Waals surface area contributed by atoms with Gasteiger partial charge in [-0.15, -0.1) is 0 Å². The Morgan fingerprint density at radius 2 is 1.94 bits per heavy atom. The maximum absolute atomic E-state index is 11.1. The fraction of sp³-hybridized carbons (Fsp3) is 1.00. The van der Waals surface area contributed by atoms with Crippen LogP contribution in [0.5, 0.6) is 0 Å². The van der Waals surface area contributed by atoms with E-state index in [1.54, 1.807) is 0 Å². The molecule has 0 spiro atoms. The van der Waals surface area contributed by atoms with Gasteiger partial charge in [0, 0.05) is 25.9 Å². The van der Waals surface area contributed by atoms with E-state index in [4.69, 9.17) is 5.11 Å². The minimum atomic E-state index is -2.85. The second-order valence-corrected chi connectivity index (χ2v) is 7.66. The molecule has 0 aromatic rings. The fourth-order valence-electron chi connectivity index (χ4n) is 2.39. The lowest BCUT2D eigenvalue weighted by Crippen LogP contribution is -2.39. The SMILES string of the molecule is CN(CCS(C)(=O)=O)CC1CCN(CCO)CC1. The Morgan fingerprint density at radius 1 is 1.33 bits per heavy atom. The summed E-state index contributed by atoms with van der Waals surface area (Å²) in [5.41, 5.74) is 0. The highest BCUT2D eigenvalue weighted by molar-refractivity contribution is 7.90. The van der Waals surface area contributed by atoms with E-state index in [1.165, 1.54) is 6.26 Å². The van der Waals surface area contributed by atoms with E-state index < -0.39 is 9.84 Å². The van der Waals surface area contributed by atoms with Crippen molar-refractivity contribution in [1.82, 2.24) is 9.80 Å². The molecule has 0 radical (unpaired) electrons. The summed E-state index contributed by atoms with van der Waals surface area (Å²) >= 11 is 0. The maximum Gasteiger partial charge on any atom is 0.148 e. The third-order valence-electron chi connectivity index (χ3n) is 3.54. The van der Waals surface area contributed by atoms with Crippen LogP contribution in [0.4, 0.5) is 0 Å². The zero-order chi connectivity index (χ0) is 13.6. The quantitative estimate of drug-likeness (QED) is 0.691. The van der Waals surface area contributed by atoms with Crippen LogP contribution in [-0.4, -0.2) is 81.7 Å². The van der Waals surface area contributed by atoms with Crippen LogP contribution >= 0.6 is 0 Å². The Balaban J connectivity index is 2.20. The molecule has 0 amide bonds. The molecule has 18 heavy (non-hydrogen) atoms. The molecule has 0 unspecified atom stereocenters. The Kier molecular flexibility index (Phi) is 6.55. The molecule has 0 aromatic heterocycles. The number of aliphatic hydroxyl groups is 1. The molecule has 0 bridgehead atoms. The van der Waals surface area contributed by atoms with E-state index in [0.717, 1.165) is 39.0 Å². The van der Waals surface area contributed by atoms with Crippen molar-refractivity contribution in [2.45, 2.75) is 12.8 Å². The zero-order valence-corrected chi connectivity index (χ0v) is 12.3. The average molecular weight is 278 g/mol. The number of rotatable bonds is 7. The molecular formula is C12H26N2O3S. The van der Waals surface area contributed by atoms with E-state index in [1.807, 2.05) is 7.05 Å². The Hall–Kier alpha value is -0.170. The number of aliphatic hydroxyl groups excluding tert-OH is 1. The summed E-state index contributed by atoms with van der Waals surface area (Å²) in [5, 5.41) is 8.87. The maximum atomic E-state index is 11.1. The molecule has 1 N–H and O–H groups in total. The molecule has 1 fully saturated rings. The van der Waals surface area contributed by atoms with Gasteiger partial charge in [0.05, 0.1) is 12.4 Å². The number of piperidine rings is 1. The van der Waals surface area contributed by atoms with Crippen molar-refractivity contribution in [3.05, 3.63) is 0 Å². The number of β-amino-alcohol motifs (C(OH)–C–C–N with tert-alkyl or cyclic N) is 1. The zero-order valence-electron chi connectivity index (χ0n) is 11.5. The smallest absolute Gasteiger partial charge is 0.148 e. The summed E-state index contributed by atoms with van der Waals surface area (Å²) in [5.74, 6) is 0.900. The number of hydrogen-bond acceptors (Lipinski definition) is 5. The lowest BCUT2D eigenvalue weighted by molar-refractivity contribution is 0.132. The number of likely N-dealkylation sites (tertiary alicyclic amines) is 1. The molecule has 0 aromatic carbocycles. The molecule has 0 saturated carbocycles. The van der Waals surface area contributed by atoms with Gasteiger partial charge in [-0.1, -0.05) is 0 Å². The lowest BCUT2D eigenvalue weighted by atomic mass is 9.96. The highest BCUT2D eigenvalue weighted by atomic mass is 32.2. The Bertz CT molecular complexity index is 324. The molecule has 1 aliphatic heterocycles. The highest BCUT2D eigenvalue weighted by Gasteiger charge is 2.20. The second kappa shape index (κ2) is 7.43. The van der Waals surface area contributed by atoms with Crippen molar-refractivity contribution >= 4 is 9.84 Å². The molecule has 0 atom stereocenters. The first-order valence-corrected chi connectivity index (χ1v) is 8.66. The van der Waals surface area contributed by atoms with Gasteiger partial charge in [-0.2, -0.15) is 0 Å². The molecule has 1 aliphatic rings. The van der Waals surface area contributed by atoms with Crippen molar-refractivity contribution in [3.63, 3.8) is 0 Å². The van der Waals surface area contributed by atoms with Crippen molar-refractivity contribution in [2.75, 3.05) is 58.4 Å². The van der Waals surface area contributed by atoms with E-state index in [-0.39, 0.29) is 12.4 Å². The molecule has 108 valence electrons. The summed E-state index contributed by atoms with van der Waals surface area (Å²) in [6, 6.07) is 0. The first kappa shape index (κ1) is 15.9. The molecule has 0 aliphatic carbocycles. The van der Waals surface area contributed by atoms with Gasteiger partial charge in [-0.3, -0.25) is 0 Å². The summed E-state index contributed by atoms with van der Waals surface area (Å²) in [4.78, 5) is 4.40. The number of hydrogen-bond donors (Lipinski definition) is 1. The monoisotopic (exact) mass is 278 g/mol. The van der Waals surface area contributed by atoms with Gasteiger partial charge in [-0.05, 0) is 38.9 Å². The predicted molar refractivity (Wildman–Crippen MR) is 73.5 cm³/mol. The molecular weight excluding hydrogens is 252 g/mol. The van der Waals surface area contributed by atoms with Gasteiger partial charge in [0.25, 0.3) is 0 Å². The fourth-order valence-corrected chi connectivity index (χ4v) is 3.03. The minimum absolute atomic E-state index is 0.235. The first-order valence-electron chi connectivity index (χ1n) is 6.60. The summed E-state index contributed by atoms with van der Waals surface area (Å²) < 4.78 is 22.2. The van der Waals surface area contributed by atoms with Gasteiger partial charge >= 0.3 is 0 Å². The van der Waals surface area contributed by atoms with E-state index in [2.05, 4.69) is 9.80 Å². The van der Waals surface area contributed by atoms with E-state index >= 15 is 0 Å². The third-order valence-corrected chi connectivity index (χ3v) is 4.46. The van der Waals surface area contributed by atoms with E-state index in [0.29, 0.717) is 12.5 Å². The highest BCUT2D eigenvalue weighted by Crippen LogP contribution is 2.17. The third kappa shape index (κ3) is 6.68. The van der Waals surface area contributed by atoms with Gasteiger partial charge in [0.1, 0.15) is 9.84 Å². The summed E-state index contributed by atoms with van der Waals surface area (Å²) in [7, 11) is -0.862. The average Bonchev–Trinajstić information content (AvgIpc) is 2.29. The molecule has 1 rings (SSSR count). The van der Waals surface area contributed by atoms with Crippen molar-refractivity contribution in [2.24, 2.45) is 5.92 Å². The Morgan fingerprint density at radius 3 is 2.44 bits per heavy atom. The molecule has 1 saturated heterocycles. The van der Waals surface area contributed by atoms with E-state index in [9.17, 15) is 8.42 Å². The summed E-state index contributed by atoms with van der Waals surface area (Å²) in [6.07, 6.45) is 3.57. The molecule has 1 heterocycles. The first-order chi connectivity index (χ1) is 8.40. The van der Waals surface area contributed by atoms with Crippen molar-refractivity contribution in [1.29, 1.82) is 0 Å².